The number of rotatable bonds is 1. The number of fused-ring (bicyclic) bond motifs is 1. The average molecular weight is 182 g/mol. The minimum atomic E-state index is -0.834. The molecule has 0 fully saturated rings. The van der Waals surface area contributed by atoms with Crippen molar-refractivity contribution in [3.05, 3.63) is 17.0 Å². The summed E-state index contributed by atoms with van der Waals surface area (Å²) in [5.41, 5.74) is 1.46. The third-order valence-electron chi connectivity index (χ3n) is 2.27. The molecule has 2 rings (SSSR count). The molecule has 1 aliphatic heterocycles. The van der Waals surface area contributed by atoms with Gasteiger partial charge in [-0.3, -0.25) is 4.79 Å². The molecule has 13 heavy (non-hydrogen) atoms. The lowest BCUT2D eigenvalue weighted by Crippen LogP contribution is -2.32. The summed E-state index contributed by atoms with van der Waals surface area (Å²) in [4.78, 5) is 10.9. The quantitative estimate of drug-likeness (QED) is 0.651. The van der Waals surface area contributed by atoms with E-state index in [1.807, 2.05) is 0 Å². The molecule has 0 aromatic carbocycles. The fourth-order valence-corrected chi connectivity index (χ4v) is 1.65. The summed E-state index contributed by atoms with van der Waals surface area (Å²) in [6.07, 6.45) is 0. The maximum Gasteiger partial charge on any atom is 0.312 e. The minimum Gasteiger partial charge on any atom is -0.481 e. The Bertz CT molecular complexity index is 345. The Hall–Kier alpha value is -1.36. The largest absolute Gasteiger partial charge is 0.481 e. The first kappa shape index (κ1) is 8.25. The van der Waals surface area contributed by atoms with Crippen LogP contribution in [0, 0.1) is 6.92 Å². The lowest BCUT2D eigenvalue weighted by Gasteiger charge is -2.18. The maximum atomic E-state index is 10.9. The molecule has 70 valence electrons. The van der Waals surface area contributed by atoms with E-state index < -0.39 is 11.9 Å². The third kappa shape index (κ3) is 1.21. The molecule has 1 aromatic rings. The second-order valence-corrected chi connectivity index (χ2v) is 3.12. The van der Waals surface area contributed by atoms with Gasteiger partial charge in [0, 0.05) is 18.7 Å². The minimum absolute atomic E-state index is 0.449. The van der Waals surface area contributed by atoms with Crippen LogP contribution in [0.15, 0.2) is 4.52 Å². The predicted molar refractivity (Wildman–Crippen MR) is 43.3 cm³/mol. The highest BCUT2D eigenvalue weighted by molar-refractivity contribution is 5.77. The fourth-order valence-electron chi connectivity index (χ4n) is 1.65. The molecule has 1 aliphatic rings. The third-order valence-corrected chi connectivity index (χ3v) is 2.27. The van der Waals surface area contributed by atoms with Crippen molar-refractivity contribution in [1.82, 2.24) is 10.5 Å². The van der Waals surface area contributed by atoms with Gasteiger partial charge in [-0.05, 0) is 6.92 Å². The second kappa shape index (κ2) is 2.85. The Balaban J connectivity index is 2.46. The van der Waals surface area contributed by atoms with Crippen LogP contribution in [0.5, 0.6) is 0 Å². The molecular formula is C8H10N2O3. The van der Waals surface area contributed by atoms with Gasteiger partial charge in [0.05, 0.1) is 5.92 Å². The van der Waals surface area contributed by atoms with Crippen molar-refractivity contribution in [2.75, 3.05) is 6.54 Å². The zero-order valence-corrected chi connectivity index (χ0v) is 7.20. The van der Waals surface area contributed by atoms with Crippen molar-refractivity contribution in [3.63, 3.8) is 0 Å². The van der Waals surface area contributed by atoms with Gasteiger partial charge < -0.3 is 14.9 Å². The summed E-state index contributed by atoms with van der Waals surface area (Å²) in [6.45, 7) is 2.79. The standard InChI is InChI=1S/C8H10N2O3/c1-4-7-5(8(11)12)2-9-3-6(7)10-13-4/h5,9H,2-3H2,1H3,(H,11,12). The Morgan fingerprint density at radius 3 is 3.23 bits per heavy atom. The maximum absolute atomic E-state index is 10.9. The molecule has 0 aliphatic carbocycles. The predicted octanol–water partition coefficient (Wildman–Crippen LogP) is 0.254. The summed E-state index contributed by atoms with van der Waals surface area (Å²) in [6, 6.07) is 0. The Morgan fingerprint density at radius 1 is 1.77 bits per heavy atom. The molecule has 0 spiro atoms. The lowest BCUT2D eigenvalue weighted by atomic mass is 9.94. The topological polar surface area (TPSA) is 75.4 Å². The molecule has 0 bridgehead atoms. The van der Waals surface area contributed by atoms with Crippen LogP contribution in [0.25, 0.3) is 0 Å². The van der Waals surface area contributed by atoms with Gasteiger partial charge in [-0.25, -0.2) is 0 Å². The molecule has 5 nitrogen and oxygen atoms in total. The molecule has 0 saturated heterocycles. The van der Waals surface area contributed by atoms with Crippen LogP contribution in [0.3, 0.4) is 0 Å². The van der Waals surface area contributed by atoms with Crippen LogP contribution in [0.4, 0.5) is 0 Å². The number of aliphatic carboxylic acids is 1. The van der Waals surface area contributed by atoms with Gasteiger partial charge in [-0.1, -0.05) is 5.16 Å². The summed E-state index contributed by atoms with van der Waals surface area (Å²) in [7, 11) is 0. The SMILES string of the molecule is Cc1onc2c1C(C(=O)O)CNC2. The molecule has 1 atom stereocenters. The smallest absolute Gasteiger partial charge is 0.312 e. The van der Waals surface area contributed by atoms with Crippen molar-refractivity contribution in [3.8, 4) is 0 Å². The Labute approximate surface area is 74.7 Å². The summed E-state index contributed by atoms with van der Waals surface area (Å²) in [5.74, 6) is -0.737. The van der Waals surface area contributed by atoms with E-state index in [1.54, 1.807) is 6.92 Å². The number of carbonyl (C=O) groups is 1. The van der Waals surface area contributed by atoms with Gasteiger partial charge in [0.15, 0.2) is 0 Å². The van der Waals surface area contributed by atoms with E-state index in [9.17, 15) is 4.79 Å². The molecule has 2 N–H and O–H groups in total. The van der Waals surface area contributed by atoms with Crippen molar-refractivity contribution < 1.29 is 14.4 Å². The van der Waals surface area contributed by atoms with Gasteiger partial charge in [0.25, 0.3) is 0 Å². The van der Waals surface area contributed by atoms with Crippen molar-refractivity contribution in [2.45, 2.75) is 19.4 Å². The van der Waals surface area contributed by atoms with Gasteiger partial charge >= 0.3 is 5.97 Å². The molecule has 1 aromatic heterocycles. The van der Waals surface area contributed by atoms with E-state index in [2.05, 4.69) is 10.5 Å². The number of nitrogens with zero attached hydrogens (tertiary/aromatic N) is 1. The molecule has 0 radical (unpaired) electrons. The summed E-state index contributed by atoms with van der Waals surface area (Å²) >= 11 is 0. The molecule has 0 saturated carbocycles. The van der Waals surface area contributed by atoms with Crippen LogP contribution >= 0.6 is 0 Å². The van der Waals surface area contributed by atoms with Gasteiger partial charge in [-0.2, -0.15) is 0 Å². The highest BCUT2D eigenvalue weighted by Crippen LogP contribution is 2.26. The summed E-state index contributed by atoms with van der Waals surface area (Å²) < 4.78 is 4.94. The Kier molecular flexibility index (Phi) is 1.81. The number of aryl methyl sites for hydroxylation is 1. The van der Waals surface area contributed by atoms with E-state index in [4.69, 9.17) is 9.63 Å². The zero-order chi connectivity index (χ0) is 9.42. The molecule has 5 heteroatoms. The van der Waals surface area contributed by atoms with Crippen LogP contribution in [-0.4, -0.2) is 22.8 Å². The van der Waals surface area contributed by atoms with Gasteiger partial charge in [0.2, 0.25) is 0 Å². The van der Waals surface area contributed by atoms with Crippen LogP contribution in [0.2, 0.25) is 0 Å². The first-order valence-electron chi connectivity index (χ1n) is 4.08. The number of carboxylic acids is 1. The zero-order valence-electron chi connectivity index (χ0n) is 7.20. The van der Waals surface area contributed by atoms with Crippen LogP contribution < -0.4 is 5.32 Å². The fraction of sp³-hybridized carbons (Fsp3) is 0.500. The first-order chi connectivity index (χ1) is 6.20. The van der Waals surface area contributed by atoms with Gasteiger partial charge in [0.1, 0.15) is 11.5 Å². The highest BCUT2D eigenvalue weighted by Gasteiger charge is 2.30. The van der Waals surface area contributed by atoms with Crippen molar-refractivity contribution in [1.29, 1.82) is 0 Å². The summed E-state index contributed by atoms with van der Waals surface area (Å²) in [5, 5.41) is 15.7. The number of nitrogens with one attached hydrogen (secondary N) is 1. The van der Waals surface area contributed by atoms with E-state index >= 15 is 0 Å². The van der Waals surface area contributed by atoms with Crippen molar-refractivity contribution >= 4 is 5.97 Å². The number of hydrogen-bond donors (Lipinski definition) is 2. The molecular weight excluding hydrogens is 172 g/mol. The normalized spacial score (nSPS) is 21.2. The number of carboxylic acid groups (broad SMARTS) is 1. The molecule has 0 amide bonds. The first-order valence-corrected chi connectivity index (χ1v) is 4.08. The van der Waals surface area contributed by atoms with E-state index in [-0.39, 0.29) is 0 Å². The molecule has 2 heterocycles. The Morgan fingerprint density at radius 2 is 2.54 bits per heavy atom. The van der Waals surface area contributed by atoms with Crippen molar-refractivity contribution in [2.24, 2.45) is 0 Å². The second-order valence-electron chi connectivity index (χ2n) is 3.12. The molecule has 1 unspecified atom stereocenters. The lowest BCUT2D eigenvalue weighted by molar-refractivity contribution is -0.138. The van der Waals surface area contributed by atoms with Gasteiger partial charge in [-0.15, -0.1) is 0 Å². The van der Waals surface area contributed by atoms with E-state index in [0.29, 0.717) is 18.8 Å². The van der Waals surface area contributed by atoms with E-state index in [0.717, 1.165) is 11.3 Å². The highest BCUT2D eigenvalue weighted by atomic mass is 16.5. The number of hydrogen-bond acceptors (Lipinski definition) is 4. The van der Waals surface area contributed by atoms with E-state index in [1.165, 1.54) is 0 Å². The van der Waals surface area contributed by atoms with Crippen LogP contribution in [-0.2, 0) is 11.3 Å². The average Bonchev–Trinajstić information content (AvgIpc) is 2.48. The monoisotopic (exact) mass is 182 g/mol. The number of aromatic nitrogens is 1. The van der Waals surface area contributed by atoms with Crippen LogP contribution in [0.1, 0.15) is 22.9 Å².